The Bertz CT molecular complexity index is 1030. The first kappa shape index (κ1) is 23.8. The van der Waals surface area contributed by atoms with Crippen LogP contribution in [0.4, 0.5) is 4.79 Å². The van der Waals surface area contributed by atoms with E-state index in [1.54, 1.807) is 4.90 Å². The van der Waals surface area contributed by atoms with E-state index in [2.05, 4.69) is 29.6 Å². The standard InChI is InChI=1S/C27H32N2O5/c1-27(2,14-24(30)29-13-7-8-18(15-29)25(31)32)17-28-26(33)34-16-23-21-11-5-3-9-19(21)20-10-4-6-12-22(20)23/h3-6,9-12,18,23H,7-8,13-17H2,1-2H3,(H,28,33)(H,31,32)/t18-/m0/s1. The van der Waals surface area contributed by atoms with Crippen LogP contribution in [-0.4, -0.2) is 54.2 Å². The van der Waals surface area contributed by atoms with Crippen molar-refractivity contribution in [3.05, 3.63) is 59.7 Å². The number of carboxylic acid groups (broad SMARTS) is 1. The van der Waals surface area contributed by atoms with Crippen molar-refractivity contribution >= 4 is 18.0 Å². The summed E-state index contributed by atoms with van der Waals surface area (Å²) < 4.78 is 5.59. The number of hydrogen-bond donors (Lipinski definition) is 2. The number of nitrogens with one attached hydrogen (secondary N) is 1. The van der Waals surface area contributed by atoms with Gasteiger partial charge in [0.2, 0.25) is 5.91 Å². The summed E-state index contributed by atoms with van der Waals surface area (Å²) >= 11 is 0. The van der Waals surface area contributed by atoms with Gasteiger partial charge in [-0.05, 0) is 40.5 Å². The minimum Gasteiger partial charge on any atom is -0.481 e. The van der Waals surface area contributed by atoms with Crippen molar-refractivity contribution in [1.29, 1.82) is 0 Å². The smallest absolute Gasteiger partial charge is 0.407 e. The van der Waals surface area contributed by atoms with Gasteiger partial charge in [-0.3, -0.25) is 9.59 Å². The number of carboxylic acids is 1. The number of rotatable bonds is 7. The highest BCUT2D eigenvalue weighted by molar-refractivity contribution is 5.80. The molecule has 2 aromatic rings. The maximum atomic E-state index is 12.7. The van der Waals surface area contributed by atoms with Gasteiger partial charge in [0.1, 0.15) is 6.61 Å². The van der Waals surface area contributed by atoms with Crippen LogP contribution in [0.25, 0.3) is 11.1 Å². The van der Waals surface area contributed by atoms with Gasteiger partial charge in [0.25, 0.3) is 0 Å². The number of benzene rings is 2. The fourth-order valence-corrected chi connectivity index (χ4v) is 4.95. The van der Waals surface area contributed by atoms with Crippen LogP contribution in [0.3, 0.4) is 0 Å². The summed E-state index contributed by atoms with van der Waals surface area (Å²) in [4.78, 5) is 38.1. The van der Waals surface area contributed by atoms with Gasteiger partial charge >= 0.3 is 12.1 Å². The molecular formula is C27H32N2O5. The zero-order valence-corrected chi connectivity index (χ0v) is 19.8. The maximum absolute atomic E-state index is 12.7. The third-order valence-corrected chi connectivity index (χ3v) is 6.81. The van der Waals surface area contributed by atoms with Gasteiger partial charge in [-0.1, -0.05) is 62.4 Å². The minimum atomic E-state index is -0.853. The average Bonchev–Trinajstić information content (AvgIpc) is 3.15. The first-order chi connectivity index (χ1) is 16.2. The number of hydrogen-bond acceptors (Lipinski definition) is 4. The summed E-state index contributed by atoms with van der Waals surface area (Å²) in [6, 6.07) is 16.4. The van der Waals surface area contributed by atoms with Crippen molar-refractivity contribution in [3.63, 3.8) is 0 Å². The number of nitrogens with zero attached hydrogens (tertiary/aromatic N) is 1. The summed E-state index contributed by atoms with van der Waals surface area (Å²) in [5.74, 6) is -1.44. The average molecular weight is 465 g/mol. The second-order valence-electron chi connectivity index (χ2n) is 10.0. The number of carbonyl (C=O) groups is 3. The number of piperidine rings is 1. The third-order valence-electron chi connectivity index (χ3n) is 6.81. The molecule has 2 aromatic carbocycles. The van der Waals surface area contributed by atoms with Gasteiger partial charge in [0, 0.05) is 32.0 Å². The van der Waals surface area contributed by atoms with E-state index in [0.717, 1.165) is 11.1 Å². The molecule has 2 amide bonds. The summed E-state index contributed by atoms with van der Waals surface area (Å²) in [7, 11) is 0. The Morgan fingerprint density at radius 1 is 1.06 bits per heavy atom. The Kier molecular flexibility index (Phi) is 6.91. The van der Waals surface area contributed by atoms with Crippen LogP contribution < -0.4 is 5.32 Å². The number of ether oxygens (including phenoxy) is 1. The quantitative estimate of drug-likeness (QED) is 0.638. The molecule has 0 bridgehead atoms. The number of aliphatic carboxylic acids is 1. The second kappa shape index (κ2) is 9.87. The van der Waals surface area contributed by atoms with Crippen molar-refractivity contribution in [2.45, 2.75) is 39.0 Å². The molecule has 1 atom stereocenters. The van der Waals surface area contributed by atoms with Gasteiger partial charge < -0.3 is 20.1 Å². The predicted octanol–water partition coefficient (Wildman–Crippen LogP) is 4.26. The van der Waals surface area contributed by atoms with Crippen LogP contribution >= 0.6 is 0 Å². The van der Waals surface area contributed by atoms with Crippen molar-refractivity contribution < 1.29 is 24.2 Å². The summed E-state index contributed by atoms with van der Waals surface area (Å²) in [5, 5.41) is 12.1. The van der Waals surface area contributed by atoms with Crippen LogP contribution in [0, 0.1) is 11.3 Å². The lowest BCUT2D eigenvalue weighted by Gasteiger charge is -2.33. The zero-order valence-electron chi connectivity index (χ0n) is 19.8. The number of amides is 2. The number of likely N-dealkylation sites (tertiary alicyclic amines) is 1. The molecule has 1 heterocycles. The van der Waals surface area contributed by atoms with Crippen LogP contribution in [0.2, 0.25) is 0 Å². The highest BCUT2D eigenvalue weighted by Gasteiger charge is 2.32. The fourth-order valence-electron chi connectivity index (χ4n) is 4.95. The largest absolute Gasteiger partial charge is 0.481 e. The Morgan fingerprint density at radius 2 is 1.68 bits per heavy atom. The van der Waals surface area contributed by atoms with Crippen molar-refractivity contribution in [3.8, 4) is 11.1 Å². The topological polar surface area (TPSA) is 95.9 Å². The van der Waals surface area contributed by atoms with E-state index >= 15 is 0 Å². The molecule has 1 saturated heterocycles. The molecule has 2 N–H and O–H groups in total. The molecular weight excluding hydrogens is 432 g/mol. The molecule has 0 radical (unpaired) electrons. The number of carbonyl (C=O) groups excluding carboxylic acids is 2. The number of alkyl carbamates (subject to hydrolysis) is 1. The first-order valence-electron chi connectivity index (χ1n) is 11.8. The molecule has 0 unspecified atom stereocenters. The summed E-state index contributed by atoms with van der Waals surface area (Å²) in [6.07, 6.45) is 1.02. The monoisotopic (exact) mass is 464 g/mol. The Hall–Kier alpha value is -3.35. The maximum Gasteiger partial charge on any atom is 0.407 e. The fraction of sp³-hybridized carbons (Fsp3) is 0.444. The molecule has 0 saturated carbocycles. The molecule has 0 spiro atoms. The van der Waals surface area contributed by atoms with E-state index in [0.29, 0.717) is 19.4 Å². The Balaban J connectivity index is 1.28. The molecule has 7 heteroatoms. The highest BCUT2D eigenvalue weighted by atomic mass is 16.5. The predicted molar refractivity (Wildman–Crippen MR) is 128 cm³/mol. The first-order valence-corrected chi connectivity index (χ1v) is 11.8. The normalized spacial score (nSPS) is 17.6. The molecule has 34 heavy (non-hydrogen) atoms. The molecule has 1 aliphatic heterocycles. The van der Waals surface area contributed by atoms with E-state index in [-0.39, 0.29) is 37.9 Å². The second-order valence-corrected chi connectivity index (χ2v) is 10.0. The van der Waals surface area contributed by atoms with Crippen LogP contribution in [0.5, 0.6) is 0 Å². The molecule has 1 aliphatic carbocycles. The van der Waals surface area contributed by atoms with Crippen LogP contribution in [0.1, 0.15) is 50.2 Å². The van der Waals surface area contributed by atoms with Gasteiger partial charge in [-0.15, -0.1) is 0 Å². The van der Waals surface area contributed by atoms with Gasteiger partial charge in [0.05, 0.1) is 5.92 Å². The van der Waals surface area contributed by atoms with Crippen LogP contribution in [-0.2, 0) is 14.3 Å². The third kappa shape index (κ3) is 5.24. The van der Waals surface area contributed by atoms with Gasteiger partial charge in [-0.2, -0.15) is 0 Å². The Morgan fingerprint density at radius 3 is 2.29 bits per heavy atom. The minimum absolute atomic E-state index is 0.00554. The zero-order chi connectivity index (χ0) is 24.3. The van der Waals surface area contributed by atoms with E-state index in [1.807, 2.05) is 38.1 Å². The van der Waals surface area contributed by atoms with Gasteiger partial charge in [-0.25, -0.2) is 4.79 Å². The van der Waals surface area contributed by atoms with Crippen molar-refractivity contribution in [1.82, 2.24) is 10.2 Å². The molecule has 2 aliphatic rings. The molecule has 0 aromatic heterocycles. The summed E-state index contributed by atoms with van der Waals surface area (Å²) in [6.45, 7) is 5.18. The lowest BCUT2D eigenvalue weighted by atomic mass is 9.88. The van der Waals surface area contributed by atoms with Crippen molar-refractivity contribution in [2.24, 2.45) is 11.3 Å². The van der Waals surface area contributed by atoms with Gasteiger partial charge in [0.15, 0.2) is 0 Å². The van der Waals surface area contributed by atoms with E-state index in [4.69, 9.17) is 4.74 Å². The Labute approximate surface area is 200 Å². The molecule has 180 valence electrons. The van der Waals surface area contributed by atoms with Crippen molar-refractivity contribution in [2.75, 3.05) is 26.2 Å². The van der Waals surface area contributed by atoms with E-state index < -0.39 is 23.4 Å². The molecule has 7 nitrogen and oxygen atoms in total. The van der Waals surface area contributed by atoms with E-state index in [9.17, 15) is 19.5 Å². The summed E-state index contributed by atoms with van der Waals surface area (Å²) in [5.41, 5.74) is 4.18. The lowest BCUT2D eigenvalue weighted by molar-refractivity contribution is -0.146. The number of fused-ring (bicyclic) bond motifs is 3. The highest BCUT2D eigenvalue weighted by Crippen LogP contribution is 2.44. The van der Waals surface area contributed by atoms with E-state index in [1.165, 1.54) is 11.1 Å². The molecule has 4 rings (SSSR count). The lowest BCUT2D eigenvalue weighted by Crippen LogP contribution is -2.45. The van der Waals surface area contributed by atoms with Crippen LogP contribution in [0.15, 0.2) is 48.5 Å². The SMILES string of the molecule is CC(C)(CNC(=O)OCC1c2ccccc2-c2ccccc21)CC(=O)N1CCC[C@H](C(=O)O)C1. The molecule has 1 fully saturated rings.